The van der Waals surface area contributed by atoms with Crippen LogP contribution in [-0.2, 0) is 0 Å². The van der Waals surface area contributed by atoms with Gasteiger partial charge in [-0.25, -0.2) is 0 Å². The van der Waals surface area contributed by atoms with Crippen LogP contribution in [0.1, 0.15) is 36.8 Å². The number of rotatable bonds is 2. The molecule has 0 spiro atoms. The van der Waals surface area contributed by atoms with Gasteiger partial charge in [0, 0.05) is 11.7 Å². The van der Waals surface area contributed by atoms with Crippen molar-refractivity contribution < 1.29 is 0 Å². The fourth-order valence-corrected chi connectivity index (χ4v) is 4.21. The molecule has 124 valence electrons. The van der Waals surface area contributed by atoms with Gasteiger partial charge in [0.15, 0.2) is 10.2 Å². The summed E-state index contributed by atoms with van der Waals surface area (Å²) < 4.78 is 0. The Balaban J connectivity index is 1.42. The first-order valence-corrected chi connectivity index (χ1v) is 9.03. The molecule has 2 aliphatic rings. The Kier molecular flexibility index (Phi) is 5.02. The molecular formula is C17H24N4S2. The van der Waals surface area contributed by atoms with E-state index in [1.54, 1.807) is 0 Å². The Hall–Kier alpha value is -1.40. The van der Waals surface area contributed by atoms with E-state index in [9.17, 15) is 0 Å². The summed E-state index contributed by atoms with van der Waals surface area (Å²) in [6.07, 6.45) is 5.34. The lowest BCUT2D eigenvalue weighted by Crippen LogP contribution is -2.51. The van der Waals surface area contributed by atoms with Crippen molar-refractivity contribution in [2.45, 2.75) is 45.6 Å². The molecule has 3 unspecified atom stereocenters. The molecule has 23 heavy (non-hydrogen) atoms. The molecule has 0 amide bonds. The van der Waals surface area contributed by atoms with Crippen LogP contribution in [0.2, 0.25) is 0 Å². The summed E-state index contributed by atoms with van der Waals surface area (Å²) in [7, 11) is 0. The van der Waals surface area contributed by atoms with Gasteiger partial charge in [-0.2, -0.15) is 0 Å². The summed E-state index contributed by atoms with van der Waals surface area (Å²) >= 11 is 10.7. The maximum Gasteiger partial charge on any atom is 0.189 e. The second-order valence-corrected chi connectivity index (χ2v) is 7.59. The largest absolute Gasteiger partial charge is 0.358 e. The Morgan fingerprint density at radius 1 is 1.04 bits per heavy atom. The highest BCUT2D eigenvalue weighted by atomic mass is 32.1. The second-order valence-electron chi connectivity index (χ2n) is 6.78. The molecule has 2 fully saturated rings. The lowest BCUT2D eigenvalue weighted by molar-refractivity contribution is 0.389. The number of benzene rings is 1. The molecule has 1 aromatic carbocycles. The number of hydrazine groups is 1. The zero-order valence-corrected chi connectivity index (χ0v) is 15.2. The second kappa shape index (κ2) is 7.01. The van der Waals surface area contributed by atoms with Crippen LogP contribution < -0.4 is 21.5 Å². The summed E-state index contributed by atoms with van der Waals surface area (Å²) in [5.41, 5.74) is 9.35. The van der Waals surface area contributed by atoms with Crippen LogP contribution in [0.15, 0.2) is 18.2 Å². The van der Waals surface area contributed by atoms with Crippen molar-refractivity contribution >= 4 is 40.3 Å². The molecule has 0 aliphatic heterocycles. The van der Waals surface area contributed by atoms with Crippen molar-refractivity contribution in [1.82, 2.24) is 16.2 Å². The zero-order chi connectivity index (χ0) is 16.4. The normalized spacial score (nSPS) is 25.0. The Morgan fingerprint density at radius 3 is 2.48 bits per heavy atom. The van der Waals surface area contributed by atoms with Crippen molar-refractivity contribution in [1.29, 1.82) is 0 Å². The van der Waals surface area contributed by atoms with Gasteiger partial charge in [-0.15, -0.1) is 0 Å². The number of aryl methyl sites for hydroxylation is 2. The van der Waals surface area contributed by atoms with Crippen molar-refractivity contribution in [3.8, 4) is 0 Å². The molecule has 4 nitrogen and oxygen atoms in total. The van der Waals surface area contributed by atoms with Crippen molar-refractivity contribution in [3.63, 3.8) is 0 Å². The Bertz CT molecular complexity index is 617. The molecule has 4 N–H and O–H groups in total. The van der Waals surface area contributed by atoms with E-state index in [1.165, 1.54) is 31.2 Å². The predicted octanol–water partition coefficient (Wildman–Crippen LogP) is 3.16. The summed E-state index contributed by atoms with van der Waals surface area (Å²) in [5.74, 6) is 1.69. The number of hydrogen-bond donors (Lipinski definition) is 4. The maximum absolute atomic E-state index is 5.36. The topological polar surface area (TPSA) is 48.1 Å². The minimum atomic E-state index is 0.508. The Labute approximate surface area is 148 Å². The lowest BCUT2D eigenvalue weighted by Gasteiger charge is -2.25. The smallest absolute Gasteiger partial charge is 0.189 e. The quantitative estimate of drug-likeness (QED) is 0.487. The van der Waals surface area contributed by atoms with Gasteiger partial charge in [-0.3, -0.25) is 10.9 Å². The van der Waals surface area contributed by atoms with Crippen LogP contribution in [0.4, 0.5) is 5.69 Å². The number of nitrogens with one attached hydrogen (secondary N) is 4. The molecule has 2 saturated carbocycles. The molecule has 6 heteroatoms. The molecule has 3 atom stereocenters. The summed E-state index contributed by atoms with van der Waals surface area (Å²) in [5, 5.41) is 7.73. The minimum Gasteiger partial charge on any atom is -0.358 e. The summed E-state index contributed by atoms with van der Waals surface area (Å²) in [6, 6.07) is 6.74. The number of hydrogen-bond acceptors (Lipinski definition) is 2. The van der Waals surface area contributed by atoms with E-state index < -0.39 is 0 Å². The highest BCUT2D eigenvalue weighted by Crippen LogP contribution is 2.44. The molecule has 0 saturated heterocycles. The highest BCUT2D eigenvalue weighted by molar-refractivity contribution is 7.80. The van der Waals surface area contributed by atoms with Crippen LogP contribution in [0, 0.1) is 25.7 Å². The first kappa shape index (κ1) is 16.5. The third kappa shape index (κ3) is 4.12. The molecule has 0 radical (unpaired) electrons. The molecule has 2 bridgehead atoms. The number of fused-ring (bicyclic) bond motifs is 2. The fraction of sp³-hybridized carbons (Fsp3) is 0.529. The van der Waals surface area contributed by atoms with Crippen LogP contribution in [0.25, 0.3) is 0 Å². The van der Waals surface area contributed by atoms with E-state index >= 15 is 0 Å². The van der Waals surface area contributed by atoms with Gasteiger partial charge in [-0.1, -0.05) is 24.1 Å². The maximum atomic E-state index is 5.36. The van der Waals surface area contributed by atoms with Gasteiger partial charge in [0.1, 0.15) is 0 Å². The zero-order valence-electron chi connectivity index (χ0n) is 13.6. The molecule has 0 aromatic heterocycles. The van der Waals surface area contributed by atoms with Crippen LogP contribution in [0.5, 0.6) is 0 Å². The first-order chi connectivity index (χ1) is 11.0. The van der Waals surface area contributed by atoms with E-state index in [1.807, 2.05) is 6.07 Å². The van der Waals surface area contributed by atoms with Gasteiger partial charge in [0.25, 0.3) is 0 Å². The third-order valence-corrected chi connectivity index (χ3v) is 5.40. The summed E-state index contributed by atoms with van der Waals surface area (Å²) in [6.45, 7) is 4.14. The van der Waals surface area contributed by atoms with Gasteiger partial charge < -0.3 is 10.6 Å². The lowest BCUT2D eigenvalue weighted by atomic mass is 9.96. The molecular weight excluding hydrogens is 324 g/mol. The van der Waals surface area contributed by atoms with E-state index in [2.05, 4.69) is 47.5 Å². The van der Waals surface area contributed by atoms with Gasteiger partial charge in [0.2, 0.25) is 0 Å². The van der Waals surface area contributed by atoms with Gasteiger partial charge >= 0.3 is 0 Å². The monoisotopic (exact) mass is 348 g/mol. The van der Waals surface area contributed by atoms with Gasteiger partial charge in [0.05, 0.1) is 0 Å². The summed E-state index contributed by atoms with van der Waals surface area (Å²) in [4.78, 5) is 0. The standard InChI is InChI=1S/C17H24N4S2/c1-10-3-6-14(11(2)7-10)18-16(22)20-21-17(23)19-15-9-12-4-5-13(15)8-12/h3,6-7,12-13,15H,4-5,8-9H2,1-2H3,(H2,18,20,22)(H2,19,21,23). The Morgan fingerprint density at radius 2 is 1.83 bits per heavy atom. The highest BCUT2D eigenvalue weighted by Gasteiger charge is 2.39. The minimum absolute atomic E-state index is 0.508. The van der Waals surface area contributed by atoms with E-state index in [0.29, 0.717) is 16.3 Å². The van der Waals surface area contributed by atoms with Gasteiger partial charge in [-0.05, 0) is 81.0 Å². The van der Waals surface area contributed by atoms with Crippen LogP contribution in [-0.4, -0.2) is 16.3 Å². The number of thiocarbonyl (C=S) groups is 2. The average Bonchev–Trinajstić information content (AvgIpc) is 3.11. The first-order valence-electron chi connectivity index (χ1n) is 8.22. The van der Waals surface area contributed by atoms with Crippen LogP contribution in [0.3, 0.4) is 0 Å². The van der Waals surface area contributed by atoms with Crippen molar-refractivity contribution in [2.24, 2.45) is 11.8 Å². The van der Waals surface area contributed by atoms with Crippen molar-refractivity contribution in [2.75, 3.05) is 5.32 Å². The SMILES string of the molecule is Cc1ccc(NC(=S)NNC(=S)NC2CC3CCC2C3)c(C)c1. The van der Waals surface area contributed by atoms with E-state index in [-0.39, 0.29) is 0 Å². The van der Waals surface area contributed by atoms with E-state index in [0.717, 1.165) is 23.1 Å². The third-order valence-electron chi connectivity index (χ3n) is 4.97. The average molecular weight is 349 g/mol. The van der Waals surface area contributed by atoms with Crippen molar-refractivity contribution in [3.05, 3.63) is 29.3 Å². The van der Waals surface area contributed by atoms with E-state index in [4.69, 9.17) is 24.4 Å². The molecule has 0 heterocycles. The van der Waals surface area contributed by atoms with Crippen LogP contribution >= 0.6 is 24.4 Å². The molecule has 1 aromatic rings. The molecule has 3 rings (SSSR count). The fourth-order valence-electron chi connectivity index (χ4n) is 3.85. The molecule has 2 aliphatic carbocycles. The number of anilines is 1. The predicted molar refractivity (Wildman–Crippen MR) is 103 cm³/mol.